The predicted octanol–water partition coefficient (Wildman–Crippen LogP) is 2.95. The van der Waals surface area contributed by atoms with Crippen LogP contribution in [-0.4, -0.2) is 25.9 Å². The van der Waals surface area contributed by atoms with E-state index >= 15 is 0 Å². The van der Waals surface area contributed by atoms with Crippen LogP contribution in [0.25, 0.3) is 22.5 Å². The predicted molar refractivity (Wildman–Crippen MR) is 125 cm³/mol. The normalized spacial score (nSPS) is 14.9. The van der Waals surface area contributed by atoms with E-state index in [1.165, 1.54) is 4.68 Å². The van der Waals surface area contributed by atoms with Gasteiger partial charge in [-0.2, -0.15) is 10.4 Å². The zero-order valence-corrected chi connectivity index (χ0v) is 18.3. The number of benzene rings is 2. The first-order valence-corrected chi connectivity index (χ1v) is 10.6. The molecule has 0 saturated carbocycles. The fourth-order valence-electron chi connectivity index (χ4n) is 4.21. The van der Waals surface area contributed by atoms with E-state index < -0.39 is 11.8 Å². The summed E-state index contributed by atoms with van der Waals surface area (Å²) in [7, 11) is 0. The molecule has 5 N–H and O–H groups in total. The van der Waals surface area contributed by atoms with E-state index in [9.17, 15) is 10.1 Å². The van der Waals surface area contributed by atoms with Gasteiger partial charge < -0.3 is 16.2 Å². The molecule has 1 aliphatic heterocycles. The number of aromatic nitrogens is 4. The molecular formula is C25H21N7O2. The van der Waals surface area contributed by atoms with Crippen LogP contribution in [0.1, 0.15) is 22.6 Å². The first-order valence-electron chi connectivity index (χ1n) is 10.6. The van der Waals surface area contributed by atoms with Crippen LogP contribution in [0.5, 0.6) is 5.88 Å². The highest BCUT2D eigenvalue weighted by Gasteiger charge is 2.38. The number of aromatic amines is 1. The van der Waals surface area contributed by atoms with Crippen molar-refractivity contribution in [2.24, 2.45) is 11.5 Å². The molecule has 0 aliphatic carbocycles. The Hall–Kier alpha value is -4.84. The fraction of sp³-hybridized carbons (Fsp3) is 0.120. The van der Waals surface area contributed by atoms with E-state index in [4.69, 9.17) is 16.2 Å². The Bertz CT molecular complexity index is 1460. The minimum atomic E-state index is -0.624. The van der Waals surface area contributed by atoms with Gasteiger partial charge in [0.2, 0.25) is 17.7 Å². The highest BCUT2D eigenvalue weighted by atomic mass is 16.5. The Labute approximate surface area is 195 Å². The van der Waals surface area contributed by atoms with Gasteiger partial charge >= 0.3 is 0 Å². The number of rotatable bonds is 5. The van der Waals surface area contributed by atoms with E-state index in [1.54, 1.807) is 6.20 Å². The lowest BCUT2D eigenvalue weighted by molar-refractivity contribution is -0.118. The van der Waals surface area contributed by atoms with Crippen molar-refractivity contribution in [2.45, 2.75) is 19.4 Å². The molecule has 0 radical (unpaired) electrons. The van der Waals surface area contributed by atoms with Gasteiger partial charge in [0.15, 0.2) is 0 Å². The Kier molecular flexibility index (Phi) is 5.11. The minimum absolute atomic E-state index is 0.0244. The number of primary amides is 1. The van der Waals surface area contributed by atoms with Crippen LogP contribution in [0.3, 0.4) is 0 Å². The van der Waals surface area contributed by atoms with Crippen LogP contribution in [-0.2, 0) is 11.3 Å². The third-order valence-corrected chi connectivity index (χ3v) is 5.75. The number of carbonyl (C=O) groups is 1. The topological polar surface area (TPSA) is 149 Å². The third-order valence-electron chi connectivity index (χ3n) is 5.75. The molecule has 0 fully saturated rings. The monoisotopic (exact) mass is 451 g/mol. The summed E-state index contributed by atoms with van der Waals surface area (Å²) in [5.74, 6) is -0.886. The van der Waals surface area contributed by atoms with Gasteiger partial charge in [0, 0.05) is 22.9 Å². The van der Waals surface area contributed by atoms with Gasteiger partial charge in [-0.05, 0) is 6.92 Å². The molecule has 5 rings (SSSR count). The fourth-order valence-corrected chi connectivity index (χ4v) is 4.21. The summed E-state index contributed by atoms with van der Waals surface area (Å²) in [6.07, 6.45) is 1.73. The maximum atomic E-state index is 11.6. The number of nitriles is 1. The van der Waals surface area contributed by atoms with Crippen molar-refractivity contribution in [3.05, 3.63) is 88.9 Å². The molecule has 1 aliphatic rings. The summed E-state index contributed by atoms with van der Waals surface area (Å²) in [6, 6.07) is 19.7. The number of nitrogens with one attached hydrogen (secondary N) is 1. The molecule has 34 heavy (non-hydrogen) atoms. The van der Waals surface area contributed by atoms with Crippen molar-refractivity contribution in [2.75, 3.05) is 0 Å². The van der Waals surface area contributed by atoms with Crippen LogP contribution in [0.15, 0.2) is 72.3 Å². The smallest absolute Gasteiger partial charge is 0.244 e. The summed E-state index contributed by atoms with van der Waals surface area (Å²) in [5.41, 5.74) is 17.3. The Balaban J connectivity index is 1.76. The number of amides is 1. The van der Waals surface area contributed by atoms with Crippen molar-refractivity contribution in [1.29, 1.82) is 5.26 Å². The second-order valence-corrected chi connectivity index (χ2v) is 8.07. The maximum absolute atomic E-state index is 11.6. The average Bonchev–Trinajstić information content (AvgIpc) is 3.43. The van der Waals surface area contributed by atoms with E-state index in [1.807, 2.05) is 61.5 Å². The van der Waals surface area contributed by atoms with Gasteiger partial charge in [-0.3, -0.25) is 14.6 Å². The highest BCUT2D eigenvalue weighted by Crippen LogP contribution is 2.47. The largest absolute Gasteiger partial charge is 0.420 e. The molecule has 1 unspecified atom stereocenters. The van der Waals surface area contributed by atoms with Gasteiger partial charge in [-0.25, -0.2) is 0 Å². The number of hydrogen-bond donors (Lipinski definition) is 3. The zero-order chi connectivity index (χ0) is 23.8. The molecule has 4 aromatic rings. The van der Waals surface area contributed by atoms with Gasteiger partial charge in [-0.15, -0.1) is 5.10 Å². The molecule has 168 valence electrons. The second kappa shape index (κ2) is 8.26. The quantitative estimate of drug-likeness (QED) is 0.425. The number of hydrogen-bond acceptors (Lipinski definition) is 6. The van der Waals surface area contributed by atoms with Crippen molar-refractivity contribution in [1.82, 2.24) is 20.0 Å². The molecule has 9 heteroatoms. The van der Waals surface area contributed by atoms with Crippen LogP contribution >= 0.6 is 0 Å². The molecular weight excluding hydrogens is 430 g/mol. The van der Waals surface area contributed by atoms with Crippen molar-refractivity contribution >= 4 is 5.91 Å². The van der Waals surface area contributed by atoms with Gasteiger partial charge in [0.05, 0.1) is 22.9 Å². The van der Waals surface area contributed by atoms with E-state index in [2.05, 4.69) is 21.4 Å². The van der Waals surface area contributed by atoms with E-state index in [-0.39, 0.29) is 18.0 Å². The average molecular weight is 451 g/mol. The van der Waals surface area contributed by atoms with Crippen LogP contribution < -0.4 is 16.2 Å². The lowest BCUT2D eigenvalue weighted by atomic mass is 9.82. The van der Waals surface area contributed by atoms with E-state index in [0.717, 1.165) is 16.7 Å². The number of aryl methyl sites for hydroxylation is 1. The van der Waals surface area contributed by atoms with Crippen LogP contribution in [0.2, 0.25) is 0 Å². The molecule has 1 atom stereocenters. The number of H-pyrrole nitrogens is 1. The first-order chi connectivity index (χ1) is 16.5. The Morgan fingerprint density at radius 1 is 1.18 bits per heavy atom. The molecule has 1 amide bonds. The maximum Gasteiger partial charge on any atom is 0.244 e. The first kappa shape index (κ1) is 21.0. The number of carbonyl (C=O) groups excluding carboxylic acids is 1. The van der Waals surface area contributed by atoms with Crippen molar-refractivity contribution in [3.63, 3.8) is 0 Å². The molecule has 3 heterocycles. The summed E-state index contributed by atoms with van der Waals surface area (Å²) < 4.78 is 7.20. The van der Waals surface area contributed by atoms with Crippen LogP contribution in [0, 0.1) is 18.3 Å². The Morgan fingerprint density at radius 2 is 1.91 bits per heavy atom. The number of ether oxygens (including phenoxy) is 1. The second-order valence-electron chi connectivity index (χ2n) is 8.07. The summed E-state index contributed by atoms with van der Waals surface area (Å²) in [4.78, 5) is 11.6. The zero-order valence-electron chi connectivity index (χ0n) is 18.3. The SMILES string of the molecule is Cc1ccc(-c2[nH]nc3c2C(c2cn(CC(N)=O)nc2-c2ccccc2)C(C#N)=C(N)O3)cc1. The number of allylic oxidation sites excluding steroid dienone is 1. The lowest BCUT2D eigenvalue weighted by Gasteiger charge is -2.24. The Morgan fingerprint density at radius 3 is 2.59 bits per heavy atom. The van der Waals surface area contributed by atoms with Crippen molar-refractivity contribution < 1.29 is 9.53 Å². The van der Waals surface area contributed by atoms with Gasteiger partial charge in [0.25, 0.3) is 0 Å². The van der Waals surface area contributed by atoms with Crippen LogP contribution in [0.4, 0.5) is 0 Å². The van der Waals surface area contributed by atoms with Gasteiger partial charge in [-0.1, -0.05) is 60.2 Å². The minimum Gasteiger partial charge on any atom is -0.420 e. The molecule has 0 bridgehead atoms. The van der Waals surface area contributed by atoms with Crippen molar-refractivity contribution in [3.8, 4) is 34.5 Å². The summed E-state index contributed by atoms with van der Waals surface area (Å²) >= 11 is 0. The van der Waals surface area contributed by atoms with Gasteiger partial charge in [0.1, 0.15) is 18.2 Å². The molecule has 9 nitrogen and oxygen atoms in total. The summed E-state index contributed by atoms with van der Waals surface area (Å²) in [6.45, 7) is 1.90. The lowest BCUT2D eigenvalue weighted by Crippen LogP contribution is -2.21. The van der Waals surface area contributed by atoms with E-state index in [0.29, 0.717) is 28.4 Å². The third kappa shape index (κ3) is 3.57. The number of fused-ring (bicyclic) bond motifs is 1. The number of nitrogens with zero attached hydrogens (tertiary/aromatic N) is 4. The highest BCUT2D eigenvalue weighted by molar-refractivity contribution is 5.76. The standard InChI is InChI=1S/C25H21N7O2/c1-14-7-9-16(10-8-14)23-21-20(17(11-26)24(28)34-25(21)30-29-23)18-12-32(13-19(27)33)31-22(18)15-5-3-2-4-6-15/h2-10,12,20H,13,28H2,1H3,(H2,27,33)(H,29,30). The summed E-state index contributed by atoms with van der Waals surface area (Å²) in [5, 5.41) is 22.1. The molecule has 2 aromatic heterocycles. The molecule has 0 spiro atoms. The molecule has 0 saturated heterocycles. The number of nitrogens with two attached hydrogens (primary N) is 2. The molecule has 2 aromatic carbocycles.